The van der Waals surface area contributed by atoms with Crippen molar-refractivity contribution < 1.29 is 8.42 Å². The molecule has 2 N–H and O–H groups in total. The molecule has 0 unspecified atom stereocenters. The molecule has 0 saturated heterocycles. The van der Waals surface area contributed by atoms with Crippen LogP contribution in [0.3, 0.4) is 0 Å². The lowest BCUT2D eigenvalue weighted by Crippen LogP contribution is -2.35. The van der Waals surface area contributed by atoms with Gasteiger partial charge in [-0.3, -0.25) is 0 Å². The Morgan fingerprint density at radius 1 is 1.10 bits per heavy atom. The Morgan fingerprint density at radius 2 is 1.70 bits per heavy atom. The highest BCUT2D eigenvalue weighted by molar-refractivity contribution is 7.89. The van der Waals surface area contributed by atoms with Gasteiger partial charge in [0.05, 0.1) is 5.75 Å². The highest BCUT2D eigenvalue weighted by Crippen LogP contribution is 2.39. The first-order valence-corrected chi connectivity index (χ1v) is 9.58. The molecule has 1 saturated carbocycles. The summed E-state index contributed by atoms with van der Waals surface area (Å²) in [6.45, 7) is 10.8. The molecule has 0 radical (unpaired) electrons. The van der Waals surface area contributed by atoms with Crippen LogP contribution in [0.4, 0.5) is 0 Å². The average molecular weight is 305 g/mol. The molecule has 1 fully saturated rings. The van der Waals surface area contributed by atoms with E-state index in [2.05, 4.69) is 30.8 Å². The zero-order valence-corrected chi connectivity index (χ0v) is 14.4. The predicted molar refractivity (Wildman–Crippen MR) is 85.2 cm³/mol. The van der Waals surface area contributed by atoms with Crippen LogP contribution in [0.2, 0.25) is 0 Å². The van der Waals surface area contributed by atoms with Crippen molar-refractivity contribution in [2.45, 2.75) is 53.4 Å². The van der Waals surface area contributed by atoms with Crippen LogP contribution in [-0.4, -0.2) is 33.8 Å². The minimum atomic E-state index is -3.08. The summed E-state index contributed by atoms with van der Waals surface area (Å²) in [5.41, 5.74) is 0.429. The maximum absolute atomic E-state index is 11.5. The van der Waals surface area contributed by atoms with Crippen LogP contribution >= 0.6 is 0 Å². The van der Waals surface area contributed by atoms with Crippen LogP contribution in [0.1, 0.15) is 53.4 Å². The molecular formula is C15H32N2O2S. The summed E-state index contributed by atoms with van der Waals surface area (Å²) >= 11 is 0. The number of hydrogen-bond acceptors (Lipinski definition) is 3. The van der Waals surface area contributed by atoms with Crippen LogP contribution < -0.4 is 10.0 Å². The maximum Gasteiger partial charge on any atom is 0.212 e. The van der Waals surface area contributed by atoms with Gasteiger partial charge in [0.1, 0.15) is 0 Å². The average Bonchev–Trinajstić information content (AvgIpc) is 2.34. The third-order valence-corrected chi connectivity index (χ3v) is 5.89. The molecule has 1 aliphatic carbocycles. The highest BCUT2D eigenvalue weighted by atomic mass is 32.2. The Bertz CT molecular complexity index is 366. The quantitative estimate of drug-likeness (QED) is 0.710. The fraction of sp³-hybridized carbons (Fsp3) is 1.00. The lowest BCUT2D eigenvalue weighted by molar-refractivity contribution is 0.149. The molecule has 0 aliphatic heterocycles. The van der Waals surface area contributed by atoms with Gasteiger partial charge in [0.2, 0.25) is 10.0 Å². The lowest BCUT2D eigenvalue weighted by atomic mass is 9.70. The van der Waals surface area contributed by atoms with Gasteiger partial charge in [0.15, 0.2) is 0 Å². The molecule has 0 spiro atoms. The Morgan fingerprint density at radius 3 is 2.20 bits per heavy atom. The summed E-state index contributed by atoms with van der Waals surface area (Å²) in [6, 6.07) is 0. The van der Waals surface area contributed by atoms with Gasteiger partial charge in [0.25, 0.3) is 0 Å². The van der Waals surface area contributed by atoms with Crippen LogP contribution in [0.25, 0.3) is 0 Å². The van der Waals surface area contributed by atoms with Crippen molar-refractivity contribution in [3.05, 3.63) is 0 Å². The van der Waals surface area contributed by atoms with Crippen molar-refractivity contribution in [2.24, 2.45) is 17.3 Å². The number of rotatable bonds is 7. The third kappa shape index (κ3) is 6.55. The van der Waals surface area contributed by atoms with Gasteiger partial charge >= 0.3 is 0 Å². The van der Waals surface area contributed by atoms with E-state index in [1.54, 1.807) is 6.92 Å². The zero-order valence-electron chi connectivity index (χ0n) is 13.5. The monoisotopic (exact) mass is 304 g/mol. The van der Waals surface area contributed by atoms with E-state index >= 15 is 0 Å². The normalized spacial score (nSPS) is 24.8. The second-order valence-corrected chi connectivity index (χ2v) is 9.03. The molecule has 0 bridgehead atoms. The van der Waals surface area contributed by atoms with Crippen LogP contribution in [0.5, 0.6) is 0 Å². The molecule has 20 heavy (non-hydrogen) atoms. The molecule has 120 valence electrons. The molecular weight excluding hydrogens is 272 g/mol. The van der Waals surface area contributed by atoms with Crippen molar-refractivity contribution in [1.29, 1.82) is 0 Å². The van der Waals surface area contributed by atoms with E-state index in [1.807, 2.05) is 0 Å². The summed E-state index contributed by atoms with van der Waals surface area (Å²) in [7, 11) is -3.08. The molecule has 1 aliphatic rings. The van der Waals surface area contributed by atoms with E-state index in [-0.39, 0.29) is 5.75 Å². The largest absolute Gasteiger partial charge is 0.315 e. The smallest absolute Gasteiger partial charge is 0.212 e. The molecule has 0 aromatic rings. The van der Waals surface area contributed by atoms with Crippen molar-refractivity contribution in [1.82, 2.24) is 10.0 Å². The molecule has 0 atom stereocenters. The van der Waals surface area contributed by atoms with Gasteiger partial charge in [0, 0.05) is 13.1 Å². The predicted octanol–water partition coefficient (Wildman–Crippen LogP) is 2.37. The van der Waals surface area contributed by atoms with E-state index in [0.717, 1.165) is 18.4 Å². The van der Waals surface area contributed by atoms with Crippen LogP contribution in [0.15, 0.2) is 0 Å². The number of hydrogen-bond donors (Lipinski definition) is 2. The fourth-order valence-electron chi connectivity index (χ4n) is 3.04. The molecule has 0 heterocycles. The summed E-state index contributed by atoms with van der Waals surface area (Å²) in [5, 5.41) is 3.30. The van der Waals surface area contributed by atoms with Gasteiger partial charge in [-0.1, -0.05) is 27.7 Å². The minimum absolute atomic E-state index is 0.179. The van der Waals surface area contributed by atoms with E-state index < -0.39 is 10.0 Å². The third-order valence-electron chi connectivity index (χ3n) is 4.42. The SMILES string of the molecule is CCNS(=O)(=O)CCNCC1CCC(C(C)(C)C)CC1. The number of nitrogens with one attached hydrogen (secondary N) is 2. The topological polar surface area (TPSA) is 58.2 Å². The summed E-state index contributed by atoms with van der Waals surface area (Å²) in [5.74, 6) is 1.74. The van der Waals surface area contributed by atoms with E-state index in [0.29, 0.717) is 18.5 Å². The van der Waals surface area contributed by atoms with Gasteiger partial charge in [-0.25, -0.2) is 13.1 Å². The van der Waals surface area contributed by atoms with Gasteiger partial charge in [-0.2, -0.15) is 0 Å². The van der Waals surface area contributed by atoms with Crippen LogP contribution in [-0.2, 0) is 10.0 Å². The molecule has 4 nitrogen and oxygen atoms in total. The fourth-order valence-corrected chi connectivity index (χ4v) is 4.03. The second-order valence-electron chi connectivity index (χ2n) is 7.10. The first-order valence-electron chi connectivity index (χ1n) is 7.92. The Balaban J connectivity index is 2.16. The van der Waals surface area contributed by atoms with Crippen molar-refractivity contribution in [3.8, 4) is 0 Å². The van der Waals surface area contributed by atoms with Crippen molar-refractivity contribution in [3.63, 3.8) is 0 Å². The van der Waals surface area contributed by atoms with Gasteiger partial charge < -0.3 is 5.32 Å². The minimum Gasteiger partial charge on any atom is -0.315 e. The molecule has 5 heteroatoms. The standard InChI is InChI=1S/C15H32N2O2S/c1-5-17-20(18,19)11-10-16-12-13-6-8-14(9-7-13)15(2,3)4/h13-14,16-17H,5-12H2,1-4H3. The first kappa shape index (κ1) is 17.9. The Kier molecular flexibility index (Phi) is 6.95. The van der Waals surface area contributed by atoms with E-state index in [4.69, 9.17) is 0 Å². The van der Waals surface area contributed by atoms with Crippen molar-refractivity contribution >= 4 is 10.0 Å². The lowest BCUT2D eigenvalue weighted by Gasteiger charge is -2.37. The van der Waals surface area contributed by atoms with Gasteiger partial charge in [-0.05, 0) is 49.5 Å². The Hall–Kier alpha value is -0.130. The summed E-state index contributed by atoms with van der Waals surface area (Å²) < 4.78 is 25.5. The summed E-state index contributed by atoms with van der Waals surface area (Å²) in [4.78, 5) is 0. The second kappa shape index (κ2) is 7.76. The number of sulfonamides is 1. The van der Waals surface area contributed by atoms with E-state index in [1.165, 1.54) is 25.7 Å². The molecule has 0 aromatic carbocycles. The Labute approximate surface area is 125 Å². The van der Waals surface area contributed by atoms with Crippen LogP contribution in [0, 0.1) is 17.3 Å². The van der Waals surface area contributed by atoms with Crippen molar-refractivity contribution in [2.75, 3.05) is 25.4 Å². The summed E-state index contributed by atoms with van der Waals surface area (Å²) in [6.07, 6.45) is 5.17. The maximum atomic E-state index is 11.5. The molecule has 1 rings (SSSR count). The van der Waals surface area contributed by atoms with Gasteiger partial charge in [-0.15, -0.1) is 0 Å². The first-order chi connectivity index (χ1) is 9.24. The highest BCUT2D eigenvalue weighted by Gasteiger charge is 2.29. The molecule has 0 aromatic heterocycles. The zero-order chi connectivity index (χ0) is 15.2. The molecule has 0 amide bonds. The van der Waals surface area contributed by atoms with E-state index in [9.17, 15) is 8.42 Å².